The van der Waals surface area contributed by atoms with Crippen molar-refractivity contribution in [3.63, 3.8) is 0 Å². The molecule has 20 heavy (non-hydrogen) atoms. The second kappa shape index (κ2) is 6.44. The van der Waals surface area contributed by atoms with Gasteiger partial charge >= 0.3 is 0 Å². The predicted molar refractivity (Wildman–Crippen MR) is 82.1 cm³/mol. The summed E-state index contributed by atoms with van der Waals surface area (Å²) in [7, 11) is 1.70. The summed E-state index contributed by atoms with van der Waals surface area (Å²) >= 11 is 0. The summed E-state index contributed by atoms with van der Waals surface area (Å²) in [6, 6.07) is 14.2. The lowest BCUT2D eigenvalue weighted by Crippen LogP contribution is -2.08. The van der Waals surface area contributed by atoms with Crippen LogP contribution in [0.1, 0.15) is 29.7 Å². The largest absolute Gasteiger partial charge is 0.496 e. The minimum Gasteiger partial charge on any atom is -0.496 e. The van der Waals surface area contributed by atoms with E-state index in [-0.39, 0.29) is 12.6 Å². The Balaban J connectivity index is 2.16. The van der Waals surface area contributed by atoms with Gasteiger partial charge in [-0.2, -0.15) is 0 Å². The van der Waals surface area contributed by atoms with E-state index in [0.29, 0.717) is 0 Å². The fourth-order valence-electron chi connectivity index (χ4n) is 2.21. The first-order valence-corrected chi connectivity index (χ1v) is 6.75. The quantitative estimate of drug-likeness (QED) is 0.872. The van der Waals surface area contributed by atoms with Gasteiger partial charge in [0.15, 0.2) is 0 Å². The van der Waals surface area contributed by atoms with E-state index in [9.17, 15) is 0 Å². The average molecular weight is 271 g/mol. The molecule has 0 spiro atoms. The monoisotopic (exact) mass is 271 g/mol. The number of benzene rings is 2. The minimum absolute atomic E-state index is 0.0711. The first-order chi connectivity index (χ1) is 9.63. The maximum absolute atomic E-state index is 9.05. The number of methoxy groups -OCH3 is 1. The van der Waals surface area contributed by atoms with Gasteiger partial charge in [0.2, 0.25) is 0 Å². The highest BCUT2D eigenvalue weighted by molar-refractivity contribution is 5.49. The number of anilines is 1. The van der Waals surface area contributed by atoms with Gasteiger partial charge < -0.3 is 15.2 Å². The van der Waals surface area contributed by atoms with Gasteiger partial charge in [-0.3, -0.25) is 0 Å². The van der Waals surface area contributed by atoms with Crippen molar-refractivity contribution in [3.05, 3.63) is 59.2 Å². The van der Waals surface area contributed by atoms with Crippen molar-refractivity contribution >= 4 is 5.69 Å². The Hall–Kier alpha value is -2.00. The van der Waals surface area contributed by atoms with Crippen LogP contribution in [0, 0.1) is 6.92 Å². The number of nitrogens with one attached hydrogen (secondary N) is 1. The van der Waals surface area contributed by atoms with Crippen LogP contribution in [0.25, 0.3) is 0 Å². The zero-order valence-electron chi connectivity index (χ0n) is 12.2. The highest BCUT2D eigenvalue weighted by Crippen LogP contribution is 2.28. The van der Waals surface area contributed by atoms with Gasteiger partial charge in [-0.05, 0) is 43.2 Å². The molecule has 0 bridgehead atoms. The van der Waals surface area contributed by atoms with E-state index in [4.69, 9.17) is 9.84 Å². The van der Waals surface area contributed by atoms with Crippen LogP contribution in [0.4, 0.5) is 5.69 Å². The van der Waals surface area contributed by atoms with E-state index < -0.39 is 0 Å². The van der Waals surface area contributed by atoms with Crippen LogP contribution in [-0.4, -0.2) is 12.2 Å². The number of hydrogen-bond acceptors (Lipinski definition) is 3. The van der Waals surface area contributed by atoms with Crippen LogP contribution in [0.5, 0.6) is 5.75 Å². The van der Waals surface area contributed by atoms with Gasteiger partial charge in [0.05, 0.1) is 19.8 Å². The van der Waals surface area contributed by atoms with Gasteiger partial charge in [0.25, 0.3) is 0 Å². The van der Waals surface area contributed by atoms with Crippen molar-refractivity contribution in [1.82, 2.24) is 0 Å². The summed E-state index contributed by atoms with van der Waals surface area (Å²) in [5, 5.41) is 12.5. The third-order valence-electron chi connectivity index (χ3n) is 3.38. The second-order valence-corrected chi connectivity index (χ2v) is 4.97. The molecule has 2 rings (SSSR count). The lowest BCUT2D eigenvalue weighted by molar-refractivity contribution is 0.282. The van der Waals surface area contributed by atoms with Crippen LogP contribution in [0.3, 0.4) is 0 Å². The topological polar surface area (TPSA) is 41.5 Å². The first-order valence-electron chi connectivity index (χ1n) is 6.75. The molecule has 2 aromatic carbocycles. The molecule has 0 saturated carbocycles. The van der Waals surface area contributed by atoms with Crippen molar-refractivity contribution in [1.29, 1.82) is 0 Å². The molecule has 2 aromatic rings. The van der Waals surface area contributed by atoms with E-state index in [1.54, 1.807) is 7.11 Å². The molecule has 0 saturated heterocycles. The van der Waals surface area contributed by atoms with E-state index in [1.807, 2.05) is 30.3 Å². The summed E-state index contributed by atoms with van der Waals surface area (Å²) in [5.41, 5.74) is 4.25. The number of rotatable bonds is 5. The molecule has 0 aromatic heterocycles. The molecule has 3 heteroatoms. The number of aryl methyl sites for hydroxylation is 1. The highest BCUT2D eigenvalue weighted by atomic mass is 16.5. The predicted octanol–water partition coefficient (Wildman–Crippen LogP) is 3.67. The summed E-state index contributed by atoms with van der Waals surface area (Å²) in [6.07, 6.45) is 0. The van der Waals surface area contributed by atoms with Crippen molar-refractivity contribution in [2.45, 2.75) is 26.5 Å². The van der Waals surface area contributed by atoms with Gasteiger partial charge in [-0.1, -0.05) is 24.3 Å². The van der Waals surface area contributed by atoms with Gasteiger partial charge in [0.1, 0.15) is 5.75 Å². The number of aliphatic hydroxyl groups is 1. The smallest absolute Gasteiger partial charge is 0.124 e. The highest BCUT2D eigenvalue weighted by Gasteiger charge is 2.11. The summed E-state index contributed by atoms with van der Waals surface area (Å²) < 4.78 is 5.45. The lowest BCUT2D eigenvalue weighted by Gasteiger charge is -2.19. The number of hydrogen-bond donors (Lipinski definition) is 2. The average Bonchev–Trinajstić information content (AvgIpc) is 2.47. The molecule has 0 aliphatic rings. The molecule has 1 atom stereocenters. The Bertz CT molecular complexity index is 564. The summed E-state index contributed by atoms with van der Waals surface area (Å²) in [5.74, 6) is 0.900. The van der Waals surface area contributed by atoms with Crippen LogP contribution in [0.2, 0.25) is 0 Å². The minimum atomic E-state index is 0.0711. The summed E-state index contributed by atoms with van der Waals surface area (Å²) in [4.78, 5) is 0. The van der Waals surface area contributed by atoms with Crippen LogP contribution < -0.4 is 10.1 Å². The van der Waals surface area contributed by atoms with Crippen LogP contribution in [-0.2, 0) is 6.61 Å². The van der Waals surface area contributed by atoms with Crippen molar-refractivity contribution in [2.75, 3.05) is 12.4 Å². The van der Waals surface area contributed by atoms with E-state index in [0.717, 1.165) is 22.6 Å². The molecule has 0 amide bonds. The van der Waals surface area contributed by atoms with E-state index in [1.165, 1.54) is 5.56 Å². The Labute approximate surface area is 120 Å². The lowest BCUT2D eigenvalue weighted by atomic mass is 10.0. The Kier molecular flexibility index (Phi) is 4.64. The van der Waals surface area contributed by atoms with Gasteiger partial charge in [-0.15, -0.1) is 0 Å². The molecule has 0 aliphatic heterocycles. The zero-order valence-corrected chi connectivity index (χ0v) is 12.2. The van der Waals surface area contributed by atoms with Crippen molar-refractivity contribution in [2.24, 2.45) is 0 Å². The number of aliphatic hydroxyl groups excluding tert-OH is 1. The first kappa shape index (κ1) is 14.4. The third-order valence-corrected chi connectivity index (χ3v) is 3.38. The molecule has 3 nitrogen and oxygen atoms in total. The Morgan fingerprint density at radius 1 is 1.15 bits per heavy atom. The Morgan fingerprint density at radius 2 is 1.85 bits per heavy atom. The molecule has 0 fully saturated rings. The summed E-state index contributed by atoms with van der Waals surface area (Å²) in [6.45, 7) is 4.23. The second-order valence-electron chi connectivity index (χ2n) is 4.97. The van der Waals surface area contributed by atoms with Gasteiger partial charge in [-0.25, -0.2) is 0 Å². The SMILES string of the molecule is COc1cc(C)ccc1C(C)Nc1ccc(CO)cc1. The van der Waals surface area contributed by atoms with Crippen LogP contribution in [0.15, 0.2) is 42.5 Å². The molecule has 0 radical (unpaired) electrons. The fourth-order valence-corrected chi connectivity index (χ4v) is 2.21. The van der Waals surface area contributed by atoms with Crippen molar-refractivity contribution < 1.29 is 9.84 Å². The molecule has 0 aliphatic carbocycles. The third kappa shape index (κ3) is 3.31. The maximum Gasteiger partial charge on any atom is 0.124 e. The Morgan fingerprint density at radius 3 is 2.45 bits per heavy atom. The van der Waals surface area contributed by atoms with E-state index >= 15 is 0 Å². The van der Waals surface area contributed by atoms with E-state index in [2.05, 4.69) is 31.3 Å². The van der Waals surface area contributed by atoms with Crippen LogP contribution >= 0.6 is 0 Å². The molecule has 1 unspecified atom stereocenters. The molecule has 0 heterocycles. The standard InChI is InChI=1S/C17H21NO2/c1-12-4-9-16(17(10-12)20-3)13(2)18-15-7-5-14(11-19)6-8-15/h4-10,13,18-19H,11H2,1-3H3. The fraction of sp³-hybridized carbons (Fsp3) is 0.294. The molecular weight excluding hydrogens is 250 g/mol. The molecule has 106 valence electrons. The number of ether oxygens (including phenoxy) is 1. The zero-order chi connectivity index (χ0) is 14.5. The molecule has 2 N–H and O–H groups in total. The van der Waals surface area contributed by atoms with Crippen molar-refractivity contribution in [3.8, 4) is 5.75 Å². The van der Waals surface area contributed by atoms with Gasteiger partial charge in [0, 0.05) is 11.3 Å². The normalized spacial score (nSPS) is 12.0. The molecular formula is C17H21NO2. The maximum atomic E-state index is 9.05.